The fourth-order valence-electron chi connectivity index (χ4n) is 2.94. The molecular formula is C23H20N4O3S. The molecular weight excluding hydrogens is 412 g/mol. The van der Waals surface area contributed by atoms with Crippen molar-refractivity contribution in [3.05, 3.63) is 89.0 Å². The van der Waals surface area contributed by atoms with Crippen molar-refractivity contribution in [3.63, 3.8) is 0 Å². The number of nitrogens with zero attached hydrogens (tertiary/aromatic N) is 2. The summed E-state index contributed by atoms with van der Waals surface area (Å²) in [5, 5.41) is 6.10. The summed E-state index contributed by atoms with van der Waals surface area (Å²) < 4.78 is 5.27. The molecule has 0 unspecified atom stereocenters. The van der Waals surface area contributed by atoms with Crippen molar-refractivity contribution in [2.24, 2.45) is 0 Å². The minimum atomic E-state index is -0.264. The smallest absolute Gasteiger partial charge is 0.255 e. The zero-order valence-electron chi connectivity index (χ0n) is 16.8. The van der Waals surface area contributed by atoms with Gasteiger partial charge in [0.2, 0.25) is 0 Å². The van der Waals surface area contributed by atoms with E-state index in [1.807, 2.05) is 18.2 Å². The number of Topliss-reactive ketones (excluding diaryl/α,β-unsaturated/α-hetero) is 1. The lowest BCUT2D eigenvalue weighted by molar-refractivity contribution is 0.0947. The number of anilines is 1. The van der Waals surface area contributed by atoms with Crippen molar-refractivity contribution in [1.82, 2.24) is 15.3 Å². The first-order chi connectivity index (χ1) is 15.1. The minimum absolute atomic E-state index is 0.0140. The van der Waals surface area contributed by atoms with Gasteiger partial charge in [0.25, 0.3) is 5.91 Å². The normalized spacial score (nSPS) is 10.6. The van der Waals surface area contributed by atoms with Crippen LogP contribution in [0.15, 0.2) is 71.6 Å². The molecule has 0 saturated heterocycles. The first-order valence-corrected chi connectivity index (χ1v) is 10.5. The van der Waals surface area contributed by atoms with Crippen molar-refractivity contribution in [2.75, 3.05) is 5.32 Å². The van der Waals surface area contributed by atoms with Crippen LogP contribution in [0.25, 0.3) is 10.6 Å². The van der Waals surface area contributed by atoms with Crippen LogP contribution in [0.1, 0.15) is 38.3 Å². The number of aromatic nitrogens is 2. The quantitative estimate of drug-likeness (QED) is 0.397. The van der Waals surface area contributed by atoms with Crippen LogP contribution in [-0.4, -0.2) is 21.7 Å². The number of nitrogens with one attached hydrogen (secondary N) is 2. The predicted molar refractivity (Wildman–Crippen MR) is 119 cm³/mol. The standard InChI is InChI=1S/C23H20N4O3S/c1-15(28)20-8-9-21(31-20)19-7-6-18(23(29)26-14-17-5-3-11-30-17)22(27-19)25-13-16-4-2-10-24-12-16/h2-12H,13-14H2,1H3,(H,25,27)(H,26,29). The topological polar surface area (TPSA) is 97.1 Å². The Morgan fingerprint density at radius 3 is 2.68 bits per heavy atom. The van der Waals surface area contributed by atoms with Crippen molar-refractivity contribution in [1.29, 1.82) is 0 Å². The van der Waals surface area contributed by atoms with Crippen LogP contribution < -0.4 is 10.6 Å². The molecule has 4 heterocycles. The van der Waals surface area contributed by atoms with Crippen LogP contribution in [0.5, 0.6) is 0 Å². The number of hydrogen-bond donors (Lipinski definition) is 2. The van der Waals surface area contributed by atoms with Gasteiger partial charge in [0.15, 0.2) is 5.78 Å². The molecule has 0 aliphatic heterocycles. The Hall–Kier alpha value is -3.78. The van der Waals surface area contributed by atoms with E-state index in [0.29, 0.717) is 34.3 Å². The monoisotopic (exact) mass is 432 g/mol. The fraction of sp³-hybridized carbons (Fsp3) is 0.130. The molecule has 2 N–H and O–H groups in total. The van der Waals surface area contributed by atoms with Crippen LogP contribution >= 0.6 is 11.3 Å². The minimum Gasteiger partial charge on any atom is -0.467 e. The maximum atomic E-state index is 12.8. The number of pyridine rings is 2. The highest BCUT2D eigenvalue weighted by molar-refractivity contribution is 7.17. The van der Waals surface area contributed by atoms with Gasteiger partial charge in [-0.15, -0.1) is 11.3 Å². The molecule has 0 fully saturated rings. The van der Waals surface area contributed by atoms with E-state index in [-0.39, 0.29) is 18.2 Å². The van der Waals surface area contributed by atoms with Crippen molar-refractivity contribution >= 4 is 28.8 Å². The van der Waals surface area contributed by atoms with Crippen molar-refractivity contribution < 1.29 is 14.0 Å². The van der Waals surface area contributed by atoms with Gasteiger partial charge >= 0.3 is 0 Å². The van der Waals surface area contributed by atoms with Gasteiger partial charge < -0.3 is 15.1 Å². The van der Waals surface area contributed by atoms with E-state index in [1.165, 1.54) is 18.3 Å². The molecule has 1 amide bonds. The van der Waals surface area contributed by atoms with E-state index < -0.39 is 0 Å². The van der Waals surface area contributed by atoms with Gasteiger partial charge in [-0.05, 0) is 55.0 Å². The molecule has 4 rings (SSSR count). The molecule has 0 aliphatic carbocycles. The number of carbonyl (C=O) groups is 2. The Bertz CT molecular complexity index is 1190. The van der Waals surface area contributed by atoms with Crippen LogP contribution in [-0.2, 0) is 13.1 Å². The van der Waals surface area contributed by atoms with Gasteiger partial charge in [0.1, 0.15) is 11.6 Å². The molecule has 8 heteroatoms. The van der Waals surface area contributed by atoms with E-state index in [9.17, 15) is 9.59 Å². The Kier molecular flexibility index (Phi) is 6.18. The van der Waals surface area contributed by atoms with Crippen LogP contribution in [0, 0.1) is 0 Å². The molecule has 4 aromatic rings. The summed E-state index contributed by atoms with van der Waals surface area (Å²) in [7, 11) is 0. The van der Waals surface area contributed by atoms with Crippen LogP contribution in [0.4, 0.5) is 5.82 Å². The van der Waals surface area contributed by atoms with Crippen molar-refractivity contribution in [3.8, 4) is 10.6 Å². The highest BCUT2D eigenvalue weighted by Gasteiger charge is 2.16. The van der Waals surface area contributed by atoms with E-state index in [0.717, 1.165) is 10.4 Å². The van der Waals surface area contributed by atoms with E-state index in [1.54, 1.807) is 49.0 Å². The van der Waals surface area contributed by atoms with E-state index in [4.69, 9.17) is 4.42 Å². The average molecular weight is 433 g/mol. The highest BCUT2D eigenvalue weighted by Crippen LogP contribution is 2.29. The van der Waals surface area contributed by atoms with Gasteiger partial charge in [-0.2, -0.15) is 0 Å². The Labute approximate surface area is 183 Å². The molecule has 31 heavy (non-hydrogen) atoms. The molecule has 156 valence electrons. The lowest BCUT2D eigenvalue weighted by atomic mass is 10.2. The number of ketones is 1. The average Bonchev–Trinajstić information content (AvgIpc) is 3.49. The molecule has 0 spiro atoms. The maximum Gasteiger partial charge on any atom is 0.255 e. The maximum absolute atomic E-state index is 12.8. The molecule has 4 aromatic heterocycles. The fourth-order valence-corrected chi connectivity index (χ4v) is 3.81. The van der Waals surface area contributed by atoms with Gasteiger partial charge in [-0.3, -0.25) is 14.6 Å². The number of rotatable bonds is 8. The second kappa shape index (κ2) is 9.36. The van der Waals surface area contributed by atoms with Gasteiger partial charge in [-0.25, -0.2) is 4.98 Å². The summed E-state index contributed by atoms with van der Waals surface area (Å²) in [5.41, 5.74) is 2.07. The number of hydrogen-bond acceptors (Lipinski definition) is 7. The van der Waals surface area contributed by atoms with Gasteiger partial charge in [-0.1, -0.05) is 6.07 Å². The second-order valence-electron chi connectivity index (χ2n) is 6.79. The lowest BCUT2D eigenvalue weighted by Crippen LogP contribution is -2.24. The van der Waals surface area contributed by atoms with Gasteiger partial charge in [0, 0.05) is 18.9 Å². The predicted octanol–water partition coefficient (Wildman–Crippen LogP) is 4.54. The Balaban J connectivity index is 1.60. The third-order valence-electron chi connectivity index (χ3n) is 4.53. The highest BCUT2D eigenvalue weighted by atomic mass is 32.1. The SMILES string of the molecule is CC(=O)c1ccc(-c2ccc(C(=O)NCc3ccco3)c(NCc3cccnc3)n2)s1. The number of furan rings is 1. The molecule has 7 nitrogen and oxygen atoms in total. The lowest BCUT2D eigenvalue weighted by Gasteiger charge is -2.12. The summed E-state index contributed by atoms with van der Waals surface area (Å²) >= 11 is 1.38. The van der Waals surface area contributed by atoms with Crippen LogP contribution in [0.3, 0.4) is 0 Å². The Morgan fingerprint density at radius 2 is 1.97 bits per heavy atom. The molecule has 0 saturated carbocycles. The zero-order chi connectivity index (χ0) is 21.6. The van der Waals surface area contributed by atoms with E-state index >= 15 is 0 Å². The largest absolute Gasteiger partial charge is 0.467 e. The summed E-state index contributed by atoms with van der Waals surface area (Å²) in [6, 6.07) is 14.5. The first kappa shape index (κ1) is 20.5. The summed E-state index contributed by atoms with van der Waals surface area (Å²) in [4.78, 5) is 34.8. The number of amides is 1. The molecule has 0 atom stereocenters. The molecule has 0 radical (unpaired) electrons. The molecule has 0 bridgehead atoms. The second-order valence-corrected chi connectivity index (χ2v) is 7.87. The third-order valence-corrected chi connectivity index (χ3v) is 5.74. The van der Waals surface area contributed by atoms with Crippen LogP contribution in [0.2, 0.25) is 0 Å². The first-order valence-electron chi connectivity index (χ1n) is 9.65. The molecule has 0 aromatic carbocycles. The van der Waals surface area contributed by atoms with E-state index in [2.05, 4.69) is 20.6 Å². The van der Waals surface area contributed by atoms with Gasteiger partial charge in [0.05, 0.1) is 33.8 Å². The summed E-state index contributed by atoms with van der Waals surface area (Å²) in [6.07, 6.45) is 5.03. The summed E-state index contributed by atoms with van der Waals surface area (Å²) in [6.45, 7) is 2.28. The zero-order valence-corrected chi connectivity index (χ0v) is 17.6. The Morgan fingerprint density at radius 1 is 1.06 bits per heavy atom. The molecule has 0 aliphatic rings. The van der Waals surface area contributed by atoms with Crippen molar-refractivity contribution in [2.45, 2.75) is 20.0 Å². The third kappa shape index (κ3) is 5.04. The number of carbonyl (C=O) groups excluding carboxylic acids is 2. The number of thiophene rings is 1. The summed E-state index contributed by atoms with van der Waals surface area (Å²) in [5.74, 6) is 0.870.